The fourth-order valence-corrected chi connectivity index (χ4v) is 5.03. The Morgan fingerprint density at radius 2 is 0.784 bits per heavy atom. The van der Waals surface area contributed by atoms with E-state index < -0.39 is 41.8 Å². The Labute approximate surface area is 286 Å². The summed E-state index contributed by atoms with van der Waals surface area (Å²) in [7, 11) is 0. The predicted octanol–water partition coefficient (Wildman–Crippen LogP) is 5.54. The minimum Gasteiger partial charge on any atom is -0.457 e. The maximum absolute atomic E-state index is 12.7. The number of esters is 7. The summed E-state index contributed by atoms with van der Waals surface area (Å²) >= 11 is 0. The normalized spacial score (nSPS) is 12.6. The van der Waals surface area contributed by atoms with Gasteiger partial charge in [-0.3, -0.25) is 0 Å². The minimum absolute atomic E-state index is 0.0263. The lowest BCUT2D eigenvalue weighted by molar-refractivity contribution is 0.0440. The molecule has 250 valence electrons. The molecule has 0 atom stereocenters. The second-order valence-electron chi connectivity index (χ2n) is 11.0. The van der Waals surface area contributed by atoms with Gasteiger partial charge in [0, 0.05) is 5.56 Å². The van der Waals surface area contributed by atoms with Crippen molar-refractivity contribution in [2.45, 2.75) is 6.61 Å². The highest BCUT2D eigenvalue weighted by molar-refractivity contribution is 6.15. The molecule has 0 amide bonds. The van der Waals surface area contributed by atoms with E-state index in [1.807, 2.05) is 0 Å². The molecule has 2 aliphatic heterocycles. The van der Waals surface area contributed by atoms with E-state index in [0.29, 0.717) is 11.1 Å². The minimum atomic E-state index is -0.849. The van der Waals surface area contributed by atoms with Gasteiger partial charge in [-0.25, -0.2) is 33.6 Å². The molecule has 0 saturated carbocycles. The van der Waals surface area contributed by atoms with Crippen molar-refractivity contribution >= 4 is 41.8 Å². The number of cyclic esters (lactones) is 3. The smallest absolute Gasteiger partial charge is 0.346 e. The Kier molecular flexibility index (Phi) is 8.35. The van der Waals surface area contributed by atoms with Gasteiger partial charge >= 0.3 is 41.8 Å². The van der Waals surface area contributed by atoms with Crippen molar-refractivity contribution in [2.24, 2.45) is 0 Å². The summed E-state index contributed by atoms with van der Waals surface area (Å²) < 4.78 is 30.9. The van der Waals surface area contributed by atoms with Crippen molar-refractivity contribution < 1.29 is 62.0 Å². The van der Waals surface area contributed by atoms with Crippen LogP contribution in [0.2, 0.25) is 0 Å². The molecule has 0 bridgehead atoms. The lowest BCUT2D eigenvalue weighted by atomic mass is 10.1. The SMILES string of the molecule is O=C(Oc1ccc(OC(=O)c2ccc(OC(=O)c3ccc4c(c3)C(=O)OC4=O)cc2)cc1)c1ccc(OC(=O)c2ccc3c(c2)COC3=O)cc1. The van der Waals surface area contributed by atoms with Crippen LogP contribution in [0.15, 0.2) is 109 Å². The molecule has 2 heterocycles. The van der Waals surface area contributed by atoms with E-state index in [-0.39, 0.29) is 63.0 Å². The lowest BCUT2D eigenvalue weighted by Crippen LogP contribution is -2.11. The van der Waals surface area contributed by atoms with Gasteiger partial charge in [0.05, 0.1) is 38.9 Å². The summed E-state index contributed by atoms with van der Waals surface area (Å²) in [4.78, 5) is 85.5. The Hall–Kier alpha value is -7.41. The number of carbonyl (C=O) groups is 7. The average molecular weight is 685 g/mol. The van der Waals surface area contributed by atoms with Gasteiger partial charge in [-0.1, -0.05) is 0 Å². The Morgan fingerprint density at radius 1 is 0.412 bits per heavy atom. The van der Waals surface area contributed by atoms with E-state index in [4.69, 9.17) is 23.7 Å². The molecule has 0 N–H and O–H groups in total. The lowest BCUT2D eigenvalue weighted by Gasteiger charge is -2.09. The molecule has 5 aromatic rings. The summed E-state index contributed by atoms with van der Waals surface area (Å²) in [6.45, 7) is 0.0882. The first-order valence-corrected chi connectivity index (χ1v) is 15.0. The van der Waals surface area contributed by atoms with Crippen LogP contribution < -0.4 is 18.9 Å². The molecule has 0 aliphatic carbocycles. The van der Waals surface area contributed by atoms with Crippen LogP contribution in [-0.2, 0) is 16.1 Å². The first-order chi connectivity index (χ1) is 24.6. The van der Waals surface area contributed by atoms with Crippen LogP contribution in [0.5, 0.6) is 23.0 Å². The van der Waals surface area contributed by atoms with E-state index in [1.165, 1.54) is 109 Å². The molecule has 0 aromatic heterocycles. The molecule has 0 unspecified atom stereocenters. The fraction of sp³-hybridized carbons (Fsp3) is 0.0263. The molecule has 7 rings (SSSR count). The monoisotopic (exact) mass is 684 g/mol. The summed E-state index contributed by atoms with van der Waals surface area (Å²) in [6, 6.07) is 25.3. The van der Waals surface area contributed by atoms with Crippen molar-refractivity contribution in [3.05, 3.63) is 154 Å². The third-order valence-corrected chi connectivity index (χ3v) is 7.65. The predicted molar refractivity (Wildman–Crippen MR) is 171 cm³/mol. The van der Waals surface area contributed by atoms with Gasteiger partial charge < -0.3 is 28.4 Å². The molecule has 51 heavy (non-hydrogen) atoms. The van der Waals surface area contributed by atoms with Crippen LogP contribution in [0.3, 0.4) is 0 Å². The van der Waals surface area contributed by atoms with Crippen LogP contribution in [0.25, 0.3) is 0 Å². The number of benzene rings is 5. The van der Waals surface area contributed by atoms with Gasteiger partial charge in [0.25, 0.3) is 0 Å². The molecule has 13 heteroatoms. The zero-order valence-corrected chi connectivity index (χ0v) is 25.9. The van der Waals surface area contributed by atoms with Gasteiger partial charge in [-0.2, -0.15) is 0 Å². The fourth-order valence-electron chi connectivity index (χ4n) is 5.03. The summed E-state index contributed by atoms with van der Waals surface area (Å²) in [6.07, 6.45) is 0. The maximum atomic E-state index is 12.7. The molecule has 0 spiro atoms. The van der Waals surface area contributed by atoms with Gasteiger partial charge in [0.1, 0.15) is 29.6 Å². The van der Waals surface area contributed by atoms with Crippen molar-refractivity contribution in [3.63, 3.8) is 0 Å². The van der Waals surface area contributed by atoms with Crippen molar-refractivity contribution in [1.82, 2.24) is 0 Å². The highest BCUT2D eigenvalue weighted by Gasteiger charge is 2.30. The molecule has 0 saturated heterocycles. The van der Waals surface area contributed by atoms with Crippen LogP contribution in [0.4, 0.5) is 0 Å². The third-order valence-electron chi connectivity index (χ3n) is 7.65. The Balaban J connectivity index is 0.897. The number of carbonyl (C=O) groups excluding carboxylic acids is 7. The van der Waals surface area contributed by atoms with Gasteiger partial charge in [0.15, 0.2) is 0 Å². The molecular formula is C38H20O13. The van der Waals surface area contributed by atoms with Crippen molar-refractivity contribution in [1.29, 1.82) is 0 Å². The van der Waals surface area contributed by atoms with E-state index >= 15 is 0 Å². The standard InChI is InChI=1S/C38H20O13/c39-32(20-1-7-25(8-2-20)49-34(41)22-5-15-29-24(17-22)19-46-36(29)43)47-27-11-13-28(14-12-27)48-33(40)21-3-9-26(10-4-21)50-35(42)23-6-16-30-31(18-23)38(45)51-37(30)44/h1-18H,19H2. The largest absolute Gasteiger partial charge is 0.457 e. The number of ether oxygens (including phenoxy) is 6. The Bertz CT molecular complexity index is 2290. The highest BCUT2D eigenvalue weighted by Crippen LogP contribution is 2.25. The number of fused-ring (bicyclic) bond motifs is 2. The molecule has 13 nitrogen and oxygen atoms in total. The summed E-state index contributed by atoms with van der Waals surface area (Å²) in [5.74, 6) is -4.26. The van der Waals surface area contributed by atoms with Gasteiger partial charge in [-0.15, -0.1) is 0 Å². The maximum Gasteiger partial charge on any atom is 0.346 e. The molecule has 2 aliphatic rings. The van der Waals surface area contributed by atoms with Crippen LogP contribution in [-0.4, -0.2) is 41.8 Å². The average Bonchev–Trinajstić information content (AvgIpc) is 3.65. The second kappa shape index (κ2) is 13.2. The van der Waals surface area contributed by atoms with Crippen LogP contribution in [0.1, 0.15) is 78.1 Å². The molecule has 5 aromatic carbocycles. The van der Waals surface area contributed by atoms with E-state index in [2.05, 4.69) is 4.74 Å². The molecule has 0 radical (unpaired) electrons. The van der Waals surface area contributed by atoms with Gasteiger partial charge in [0.2, 0.25) is 0 Å². The molecule has 0 fully saturated rings. The summed E-state index contributed by atoms with van der Waals surface area (Å²) in [5.41, 5.74) is 1.63. The van der Waals surface area contributed by atoms with Gasteiger partial charge in [-0.05, 0) is 109 Å². The third kappa shape index (κ3) is 6.80. The van der Waals surface area contributed by atoms with E-state index in [1.54, 1.807) is 0 Å². The van der Waals surface area contributed by atoms with Crippen LogP contribution in [0, 0.1) is 0 Å². The zero-order chi connectivity index (χ0) is 35.6. The Morgan fingerprint density at radius 3 is 1.27 bits per heavy atom. The van der Waals surface area contributed by atoms with Crippen LogP contribution >= 0.6 is 0 Å². The first kappa shape index (κ1) is 32.2. The molecular weight excluding hydrogens is 664 g/mol. The second-order valence-corrected chi connectivity index (χ2v) is 11.0. The van der Waals surface area contributed by atoms with Crippen molar-refractivity contribution in [2.75, 3.05) is 0 Å². The highest BCUT2D eigenvalue weighted by atomic mass is 16.6. The summed E-state index contributed by atoms with van der Waals surface area (Å²) in [5, 5.41) is 0. The van der Waals surface area contributed by atoms with Crippen molar-refractivity contribution in [3.8, 4) is 23.0 Å². The topological polar surface area (TPSA) is 175 Å². The first-order valence-electron chi connectivity index (χ1n) is 15.0. The number of rotatable bonds is 8. The number of hydrogen-bond donors (Lipinski definition) is 0. The zero-order valence-electron chi connectivity index (χ0n) is 25.9. The number of hydrogen-bond acceptors (Lipinski definition) is 13. The quantitative estimate of drug-likeness (QED) is 0.113. The van der Waals surface area contributed by atoms with E-state index in [0.717, 1.165) is 0 Å². The van der Waals surface area contributed by atoms with E-state index in [9.17, 15) is 33.6 Å².